The van der Waals surface area contributed by atoms with E-state index in [2.05, 4.69) is 20.3 Å². The van der Waals surface area contributed by atoms with Crippen LogP contribution in [-0.2, 0) is 16.1 Å². The lowest BCUT2D eigenvalue weighted by atomic mass is 10.0. The van der Waals surface area contributed by atoms with Gasteiger partial charge in [0.15, 0.2) is 5.82 Å². The normalized spacial score (nSPS) is 16.4. The predicted octanol–water partition coefficient (Wildman–Crippen LogP) is 2.95. The molecule has 0 unspecified atom stereocenters. The second kappa shape index (κ2) is 11.3. The molecule has 0 spiro atoms. The van der Waals surface area contributed by atoms with Crippen molar-refractivity contribution in [1.82, 2.24) is 24.8 Å². The van der Waals surface area contributed by atoms with Crippen LogP contribution in [0.5, 0.6) is 5.88 Å². The third kappa shape index (κ3) is 6.44. The number of hydrogen-bond acceptors (Lipinski definition) is 9. The fraction of sp³-hybridized carbons (Fsp3) is 0.481. The molecule has 3 amide bonds. The van der Waals surface area contributed by atoms with Crippen LogP contribution >= 0.6 is 0 Å². The molecule has 0 aliphatic carbocycles. The number of rotatable bonds is 6. The lowest BCUT2D eigenvalue weighted by Gasteiger charge is -2.37. The molecule has 2 aromatic heterocycles. The van der Waals surface area contributed by atoms with E-state index in [1.54, 1.807) is 21.9 Å². The zero-order chi connectivity index (χ0) is 28.3. The molecule has 4 rings (SSSR count). The Bertz CT molecular complexity index is 1270. The van der Waals surface area contributed by atoms with Crippen LogP contribution < -0.4 is 15.8 Å². The average molecular weight is 538 g/mol. The van der Waals surface area contributed by atoms with Crippen LogP contribution in [-0.4, -0.2) is 73.5 Å². The van der Waals surface area contributed by atoms with Gasteiger partial charge in [-0.15, -0.1) is 0 Å². The van der Waals surface area contributed by atoms with Crippen molar-refractivity contribution in [2.45, 2.75) is 71.8 Å². The Morgan fingerprint density at radius 3 is 2.44 bits per heavy atom. The molecule has 1 saturated heterocycles. The molecule has 0 bridgehead atoms. The zero-order valence-electron chi connectivity index (χ0n) is 22.9. The molecule has 1 fully saturated rings. The molecule has 0 radical (unpaired) electrons. The molecule has 12 nitrogen and oxygen atoms in total. The summed E-state index contributed by atoms with van der Waals surface area (Å²) in [5, 5.41) is 2.80. The van der Waals surface area contributed by atoms with E-state index in [1.165, 1.54) is 12.4 Å². The zero-order valence-corrected chi connectivity index (χ0v) is 22.9. The van der Waals surface area contributed by atoms with Crippen LogP contribution in [0.3, 0.4) is 0 Å². The maximum Gasteiger partial charge on any atom is 0.410 e. The summed E-state index contributed by atoms with van der Waals surface area (Å²) in [6, 6.07) is 3.30. The number of amides is 3. The fourth-order valence-corrected chi connectivity index (χ4v) is 4.50. The van der Waals surface area contributed by atoms with Crippen molar-refractivity contribution in [2.75, 3.05) is 18.4 Å². The first kappa shape index (κ1) is 27.8. The van der Waals surface area contributed by atoms with Gasteiger partial charge in [-0.1, -0.05) is 0 Å². The van der Waals surface area contributed by atoms with E-state index in [1.807, 2.05) is 34.6 Å². The number of nitrogens with two attached hydrogens (primary N) is 1. The molecular formula is C27H35N7O5. The van der Waals surface area contributed by atoms with Gasteiger partial charge in [-0.25, -0.2) is 19.7 Å². The molecule has 2 aliphatic heterocycles. The SMILES string of the molecule is CC(C)Oc1nc2c(cc1NC(=O)C(=CN)c1ncccn1)CN(C1CCN(C(=O)OC(C)(C)C)CC1)C2=O. The third-order valence-corrected chi connectivity index (χ3v) is 6.24. The number of fused-ring (bicyclic) bond motifs is 1. The lowest BCUT2D eigenvalue weighted by molar-refractivity contribution is -0.111. The molecular weight excluding hydrogens is 502 g/mol. The predicted molar refractivity (Wildman–Crippen MR) is 144 cm³/mol. The van der Waals surface area contributed by atoms with E-state index in [4.69, 9.17) is 15.2 Å². The van der Waals surface area contributed by atoms with E-state index in [0.717, 1.165) is 6.20 Å². The Morgan fingerprint density at radius 1 is 1.18 bits per heavy atom. The monoisotopic (exact) mass is 537 g/mol. The minimum Gasteiger partial charge on any atom is -0.473 e. The summed E-state index contributed by atoms with van der Waals surface area (Å²) in [6.45, 7) is 10.5. The summed E-state index contributed by atoms with van der Waals surface area (Å²) in [7, 11) is 0. The summed E-state index contributed by atoms with van der Waals surface area (Å²) >= 11 is 0. The van der Waals surface area contributed by atoms with Crippen molar-refractivity contribution >= 4 is 29.2 Å². The summed E-state index contributed by atoms with van der Waals surface area (Å²) in [6.07, 6.45) is 4.82. The van der Waals surface area contributed by atoms with Gasteiger partial charge in [-0.3, -0.25) is 9.59 Å². The summed E-state index contributed by atoms with van der Waals surface area (Å²) in [5.74, 6) is -0.420. The first-order valence-corrected chi connectivity index (χ1v) is 13.0. The van der Waals surface area contributed by atoms with Gasteiger partial charge < -0.3 is 30.3 Å². The van der Waals surface area contributed by atoms with E-state index in [0.29, 0.717) is 49.4 Å². The van der Waals surface area contributed by atoms with Crippen molar-refractivity contribution in [3.8, 4) is 5.88 Å². The van der Waals surface area contributed by atoms with Gasteiger partial charge in [0.1, 0.15) is 17.0 Å². The average Bonchev–Trinajstić information content (AvgIpc) is 3.19. The van der Waals surface area contributed by atoms with Crippen molar-refractivity contribution in [1.29, 1.82) is 0 Å². The number of hydrogen-bond donors (Lipinski definition) is 2. The number of nitrogens with one attached hydrogen (secondary N) is 1. The Kier molecular flexibility index (Phi) is 8.03. The molecule has 0 aromatic carbocycles. The first-order valence-electron chi connectivity index (χ1n) is 13.0. The summed E-state index contributed by atoms with van der Waals surface area (Å²) in [5.41, 5.74) is 6.51. The van der Waals surface area contributed by atoms with E-state index >= 15 is 0 Å². The third-order valence-electron chi connectivity index (χ3n) is 6.24. The molecule has 2 aromatic rings. The number of anilines is 1. The quantitative estimate of drug-likeness (QED) is 0.530. The highest BCUT2D eigenvalue weighted by molar-refractivity contribution is 6.24. The van der Waals surface area contributed by atoms with Gasteiger partial charge in [-0.05, 0) is 59.6 Å². The van der Waals surface area contributed by atoms with Crippen molar-refractivity contribution in [3.63, 3.8) is 0 Å². The van der Waals surface area contributed by atoms with E-state index < -0.39 is 11.5 Å². The number of pyridine rings is 1. The maximum atomic E-state index is 13.4. The molecule has 0 atom stereocenters. The number of ether oxygens (including phenoxy) is 2. The van der Waals surface area contributed by atoms with Crippen LogP contribution in [0.1, 0.15) is 69.3 Å². The molecule has 2 aliphatic rings. The van der Waals surface area contributed by atoms with Crippen molar-refractivity contribution in [2.24, 2.45) is 5.73 Å². The smallest absolute Gasteiger partial charge is 0.410 e. The molecule has 3 N–H and O–H groups in total. The molecule has 4 heterocycles. The Hall–Kier alpha value is -4.22. The van der Waals surface area contributed by atoms with Gasteiger partial charge in [-0.2, -0.15) is 0 Å². The summed E-state index contributed by atoms with van der Waals surface area (Å²) < 4.78 is 11.3. The fourth-order valence-electron chi connectivity index (χ4n) is 4.50. The van der Waals surface area contributed by atoms with E-state index in [9.17, 15) is 14.4 Å². The molecule has 39 heavy (non-hydrogen) atoms. The Labute approximate surface area is 227 Å². The Balaban J connectivity index is 1.51. The number of carbonyl (C=O) groups excluding carboxylic acids is 3. The second-order valence-corrected chi connectivity index (χ2v) is 10.8. The van der Waals surface area contributed by atoms with Crippen molar-refractivity contribution in [3.05, 3.63) is 47.8 Å². The van der Waals surface area contributed by atoms with Crippen LogP contribution in [0.25, 0.3) is 5.57 Å². The first-order chi connectivity index (χ1) is 18.5. The minimum absolute atomic E-state index is 0.0556. The number of carbonyl (C=O) groups is 3. The number of aromatic nitrogens is 3. The van der Waals surface area contributed by atoms with Gasteiger partial charge in [0.05, 0.1) is 11.7 Å². The van der Waals surface area contributed by atoms with Crippen LogP contribution in [0.2, 0.25) is 0 Å². The second-order valence-electron chi connectivity index (χ2n) is 10.8. The largest absolute Gasteiger partial charge is 0.473 e. The Morgan fingerprint density at radius 2 is 1.85 bits per heavy atom. The van der Waals surface area contributed by atoms with Crippen LogP contribution in [0, 0.1) is 0 Å². The van der Waals surface area contributed by atoms with Gasteiger partial charge in [0, 0.05) is 49.8 Å². The van der Waals surface area contributed by atoms with Crippen LogP contribution in [0.15, 0.2) is 30.7 Å². The molecule has 12 heteroatoms. The van der Waals surface area contributed by atoms with Crippen LogP contribution in [0.4, 0.5) is 10.5 Å². The van der Waals surface area contributed by atoms with Gasteiger partial charge in [0.25, 0.3) is 11.8 Å². The van der Waals surface area contributed by atoms with Gasteiger partial charge in [0.2, 0.25) is 5.88 Å². The maximum absolute atomic E-state index is 13.4. The molecule has 0 saturated carbocycles. The number of nitrogens with zero attached hydrogens (tertiary/aromatic N) is 5. The highest BCUT2D eigenvalue weighted by Crippen LogP contribution is 2.34. The lowest BCUT2D eigenvalue weighted by Crippen LogP contribution is -2.48. The number of piperidine rings is 1. The highest BCUT2D eigenvalue weighted by atomic mass is 16.6. The minimum atomic E-state index is -0.566. The highest BCUT2D eigenvalue weighted by Gasteiger charge is 2.38. The molecule has 208 valence electrons. The standard InChI is InChI=1S/C27H35N7O5/c1-16(2)38-24-20(31-23(35)19(14-28)22-29-9-6-10-30-22)13-17-15-34(25(36)21(17)32-24)18-7-11-33(12-8-18)26(37)39-27(3,4)5/h6,9-10,13-14,16,18H,7-8,11-12,15,28H2,1-5H3,(H,31,35). The number of likely N-dealkylation sites (tertiary alicyclic amines) is 1. The summed E-state index contributed by atoms with van der Waals surface area (Å²) in [4.78, 5) is 55.1. The van der Waals surface area contributed by atoms with Crippen molar-refractivity contribution < 1.29 is 23.9 Å². The van der Waals surface area contributed by atoms with E-state index in [-0.39, 0.29) is 41.4 Å². The van der Waals surface area contributed by atoms with Gasteiger partial charge >= 0.3 is 6.09 Å². The topological polar surface area (TPSA) is 153 Å².